The Morgan fingerprint density at radius 1 is 1.33 bits per heavy atom. The van der Waals surface area contributed by atoms with Crippen molar-refractivity contribution >= 4 is 17.7 Å². The first-order chi connectivity index (χ1) is 9.67. The van der Waals surface area contributed by atoms with E-state index >= 15 is 0 Å². The number of carboxylic acid groups (broad SMARTS) is 1. The van der Waals surface area contributed by atoms with Crippen LogP contribution in [-0.4, -0.2) is 35.4 Å². The van der Waals surface area contributed by atoms with Crippen molar-refractivity contribution in [3.63, 3.8) is 0 Å². The minimum Gasteiger partial charge on any atom is -0.480 e. The highest BCUT2D eigenvalue weighted by Crippen LogP contribution is 2.10. The molecular formula is C15H22N2O4. The molecular weight excluding hydrogens is 272 g/mol. The third kappa shape index (κ3) is 6.65. The highest BCUT2D eigenvalue weighted by atomic mass is 16.6. The van der Waals surface area contributed by atoms with Crippen LogP contribution >= 0.6 is 0 Å². The van der Waals surface area contributed by atoms with E-state index in [0.29, 0.717) is 0 Å². The molecule has 1 aromatic rings. The smallest absolute Gasteiger partial charge is 0.408 e. The van der Waals surface area contributed by atoms with Gasteiger partial charge in [-0.1, -0.05) is 12.1 Å². The Morgan fingerprint density at radius 3 is 2.52 bits per heavy atom. The van der Waals surface area contributed by atoms with E-state index in [4.69, 9.17) is 9.84 Å². The largest absolute Gasteiger partial charge is 0.480 e. The van der Waals surface area contributed by atoms with Crippen molar-refractivity contribution in [3.05, 3.63) is 29.8 Å². The summed E-state index contributed by atoms with van der Waals surface area (Å²) in [6.45, 7) is 7.16. The highest BCUT2D eigenvalue weighted by molar-refractivity contribution is 5.80. The van der Waals surface area contributed by atoms with Gasteiger partial charge in [0.25, 0.3) is 0 Å². The van der Waals surface area contributed by atoms with Crippen LogP contribution in [0.15, 0.2) is 24.3 Å². The number of anilines is 1. The van der Waals surface area contributed by atoms with Crippen molar-refractivity contribution < 1.29 is 19.4 Å². The number of hydrogen-bond acceptors (Lipinski definition) is 4. The lowest BCUT2D eigenvalue weighted by molar-refractivity contribution is -0.139. The molecule has 1 unspecified atom stereocenters. The first-order valence-electron chi connectivity index (χ1n) is 6.70. The van der Waals surface area contributed by atoms with Gasteiger partial charge in [0.2, 0.25) is 0 Å². The van der Waals surface area contributed by atoms with Crippen LogP contribution in [0.5, 0.6) is 0 Å². The first kappa shape index (κ1) is 16.8. The summed E-state index contributed by atoms with van der Waals surface area (Å²) in [6, 6.07) is 6.47. The van der Waals surface area contributed by atoms with Gasteiger partial charge in [0.05, 0.1) is 0 Å². The molecule has 0 fully saturated rings. The van der Waals surface area contributed by atoms with Gasteiger partial charge in [0.1, 0.15) is 11.6 Å². The van der Waals surface area contributed by atoms with Gasteiger partial charge in [-0.05, 0) is 45.4 Å². The molecule has 1 rings (SSSR count). The predicted molar refractivity (Wildman–Crippen MR) is 80.5 cm³/mol. The van der Waals surface area contributed by atoms with E-state index in [2.05, 4.69) is 10.6 Å². The number of ether oxygens (including phenoxy) is 1. The van der Waals surface area contributed by atoms with Crippen LogP contribution in [-0.2, 0) is 9.53 Å². The van der Waals surface area contributed by atoms with E-state index in [1.165, 1.54) is 0 Å². The average Bonchev–Trinajstić information content (AvgIpc) is 2.32. The van der Waals surface area contributed by atoms with Crippen molar-refractivity contribution in [3.8, 4) is 0 Å². The molecule has 0 saturated carbocycles. The van der Waals surface area contributed by atoms with Gasteiger partial charge >= 0.3 is 12.1 Å². The summed E-state index contributed by atoms with van der Waals surface area (Å²) < 4.78 is 5.05. The van der Waals surface area contributed by atoms with Crippen molar-refractivity contribution in [1.82, 2.24) is 5.32 Å². The van der Waals surface area contributed by atoms with Crippen LogP contribution < -0.4 is 10.6 Å². The van der Waals surface area contributed by atoms with Crippen LogP contribution in [0.4, 0.5) is 10.5 Å². The topological polar surface area (TPSA) is 87.7 Å². The lowest BCUT2D eigenvalue weighted by atomic mass is 10.2. The van der Waals surface area contributed by atoms with Gasteiger partial charge in [-0.25, -0.2) is 9.59 Å². The maximum Gasteiger partial charge on any atom is 0.408 e. The number of amides is 1. The summed E-state index contributed by atoms with van der Waals surface area (Å²) in [4.78, 5) is 22.8. The molecule has 0 saturated heterocycles. The molecule has 0 heterocycles. The Balaban J connectivity index is 2.58. The fraction of sp³-hybridized carbons (Fsp3) is 0.467. The maximum atomic E-state index is 11.6. The molecule has 3 N–H and O–H groups in total. The van der Waals surface area contributed by atoms with Crippen LogP contribution in [0.25, 0.3) is 0 Å². The van der Waals surface area contributed by atoms with Crippen LogP contribution in [0.2, 0.25) is 0 Å². The standard InChI is InChI=1S/C15H22N2O4/c1-10-6-5-7-11(8-10)16-9-12(13(18)19)17-14(20)21-15(2,3)4/h5-8,12,16H,9H2,1-4H3,(H,17,20)(H,18,19). The molecule has 0 aromatic heterocycles. The van der Waals surface area contributed by atoms with Gasteiger partial charge < -0.3 is 20.5 Å². The second kappa shape index (κ2) is 6.97. The minimum absolute atomic E-state index is 0.0675. The zero-order valence-corrected chi connectivity index (χ0v) is 12.8. The van der Waals surface area contributed by atoms with Crippen molar-refractivity contribution in [2.45, 2.75) is 39.3 Å². The van der Waals surface area contributed by atoms with E-state index in [-0.39, 0.29) is 6.54 Å². The van der Waals surface area contributed by atoms with Gasteiger partial charge in [-0.3, -0.25) is 0 Å². The molecule has 6 nitrogen and oxygen atoms in total. The van der Waals surface area contributed by atoms with E-state index in [1.807, 2.05) is 31.2 Å². The molecule has 1 atom stereocenters. The van der Waals surface area contributed by atoms with Gasteiger partial charge in [-0.2, -0.15) is 0 Å². The number of carbonyl (C=O) groups is 2. The number of nitrogens with one attached hydrogen (secondary N) is 2. The summed E-state index contributed by atoms with van der Waals surface area (Å²) in [6.07, 6.45) is -0.749. The van der Waals surface area contributed by atoms with Crippen molar-refractivity contribution in [2.75, 3.05) is 11.9 Å². The zero-order chi connectivity index (χ0) is 16.0. The Bertz CT molecular complexity index is 509. The molecule has 21 heavy (non-hydrogen) atoms. The fourth-order valence-electron chi connectivity index (χ4n) is 1.62. The first-order valence-corrected chi connectivity index (χ1v) is 6.70. The Morgan fingerprint density at radius 2 is 2.00 bits per heavy atom. The number of alkyl carbamates (subject to hydrolysis) is 1. The summed E-state index contributed by atoms with van der Waals surface area (Å²) in [5, 5.41) is 14.5. The zero-order valence-electron chi connectivity index (χ0n) is 12.8. The molecule has 0 bridgehead atoms. The monoisotopic (exact) mass is 294 g/mol. The number of rotatable bonds is 5. The molecule has 1 aromatic carbocycles. The highest BCUT2D eigenvalue weighted by Gasteiger charge is 2.23. The van der Waals surface area contributed by atoms with E-state index in [0.717, 1.165) is 11.3 Å². The van der Waals surface area contributed by atoms with Crippen molar-refractivity contribution in [2.24, 2.45) is 0 Å². The summed E-state index contributed by atoms with van der Waals surface area (Å²) in [5.41, 5.74) is 1.19. The number of benzene rings is 1. The number of aliphatic carboxylic acids is 1. The summed E-state index contributed by atoms with van der Waals surface area (Å²) >= 11 is 0. The van der Waals surface area contributed by atoms with Gasteiger partial charge in [0.15, 0.2) is 0 Å². The molecule has 0 aliphatic rings. The number of carboxylic acids is 1. The third-order valence-corrected chi connectivity index (χ3v) is 2.52. The Hall–Kier alpha value is -2.24. The van der Waals surface area contributed by atoms with E-state index in [9.17, 15) is 9.59 Å². The van der Waals surface area contributed by atoms with Crippen LogP contribution in [0.3, 0.4) is 0 Å². The Labute approximate surface area is 124 Å². The lowest BCUT2D eigenvalue weighted by Crippen LogP contribution is -2.47. The van der Waals surface area contributed by atoms with Gasteiger partial charge in [0, 0.05) is 12.2 Å². The third-order valence-electron chi connectivity index (χ3n) is 2.52. The molecule has 0 radical (unpaired) electrons. The summed E-state index contributed by atoms with van der Waals surface area (Å²) in [7, 11) is 0. The molecule has 0 spiro atoms. The second-order valence-electron chi connectivity index (χ2n) is 5.79. The van der Waals surface area contributed by atoms with E-state index in [1.54, 1.807) is 20.8 Å². The molecule has 0 aliphatic heterocycles. The normalized spacial score (nSPS) is 12.4. The minimum atomic E-state index is -1.12. The maximum absolute atomic E-state index is 11.6. The number of hydrogen-bond donors (Lipinski definition) is 3. The van der Waals surface area contributed by atoms with Crippen molar-refractivity contribution in [1.29, 1.82) is 0 Å². The quantitative estimate of drug-likeness (QED) is 0.776. The number of aryl methyl sites for hydroxylation is 1. The Kier molecular flexibility index (Phi) is 5.58. The fourth-order valence-corrected chi connectivity index (χ4v) is 1.62. The predicted octanol–water partition coefficient (Wildman–Crippen LogP) is 2.38. The van der Waals surface area contributed by atoms with E-state index < -0.39 is 23.7 Å². The SMILES string of the molecule is Cc1cccc(NCC(NC(=O)OC(C)(C)C)C(=O)O)c1. The van der Waals surface area contributed by atoms with Gasteiger partial charge in [-0.15, -0.1) is 0 Å². The molecule has 6 heteroatoms. The summed E-state index contributed by atoms with van der Waals surface area (Å²) in [5.74, 6) is -1.12. The van der Waals surface area contributed by atoms with Crippen LogP contribution in [0, 0.1) is 6.92 Å². The number of carbonyl (C=O) groups excluding carboxylic acids is 1. The van der Waals surface area contributed by atoms with Crippen LogP contribution in [0.1, 0.15) is 26.3 Å². The second-order valence-corrected chi connectivity index (χ2v) is 5.79. The molecule has 1 amide bonds. The lowest BCUT2D eigenvalue weighted by Gasteiger charge is -2.22. The average molecular weight is 294 g/mol. The molecule has 0 aliphatic carbocycles. The molecule has 116 valence electrons.